The van der Waals surface area contributed by atoms with Gasteiger partial charge in [0.15, 0.2) is 0 Å². The number of carbonyl (C=O) groups is 1. The Morgan fingerprint density at radius 3 is 2.18 bits per heavy atom. The lowest BCUT2D eigenvalue weighted by Crippen LogP contribution is -2.30. The van der Waals surface area contributed by atoms with Crippen LogP contribution in [0.2, 0.25) is 0 Å². The molecule has 1 aromatic heterocycles. The maximum atomic E-state index is 12.6. The van der Waals surface area contributed by atoms with Gasteiger partial charge in [-0.15, -0.1) is 0 Å². The van der Waals surface area contributed by atoms with E-state index >= 15 is 0 Å². The van der Waals surface area contributed by atoms with E-state index in [-0.39, 0.29) is 10.3 Å². The van der Waals surface area contributed by atoms with E-state index in [1.165, 1.54) is 12.1 Å². The first-order valence-corrected chi connectivity index (χ1v) is 10.6. The molecular formula is C22H26N2O3S. The van der Waals surface area contributed by atoms with Crippen LogP contribution in [0.15, 0.2) is 47.4 Å². The lowest BCUT2D eigenvalue weighted by Gasteiger charge is -2.19. The lowest BCUT2D eigenvalue weighted by atomic mass is 9.87. The van der Waals surface area contributed by atoms with Gasteiger partial charge in [0.1, 0.15) is 0 Å². The minimum absolute atomic E-state index is 0.0710. The van der Waals surface area contributed by atoms with E-state index in [9.17, 15) is 13.2 Å². The molecule has 0 saturated heterocycles. The summed E-state index contributed by atoms with van der Waals surface area (Å²) in [6.45, 7) is 10.2. The van der Waals surface area contributed by atoms with E-state index in [4.69, 9.17) is 0 Å². The smallest absolute Gasteiger partial charge is 0.265 e. The number of carbonyl (C=O) groups excluding carboxylic acids is 1. The lowest BCUT2D eigenvalue weighted by molar-refractivity contribution is 0.0981. The summed E-state index contributed by atoms with van der Waals surface area (Å²) in [6.07, 6.45) is 0. The first-order chi connectivity index (χ1) is 12.9. The molecule has 148 valence electrons. The van der Waals surface area contributed by atoms with Gasteiger partial charge in [-0.25, -0.2) is 13.1 Å². The molecule has 3 aromatic rings. The average Bonchev–Trinajstić information content (AvgIpc) is 2.85. The molecule has 5 nitrogen and oxygen atoms in total. The molecule has 0 spiro atoms. The average molecular weight is 399 g/mol. The van der Waals surface area contributed by atoms with Crippen molar-refractivity contribution in [1.82, 2.24) is 9.29 Å². The number of rotatable bonds is 3. The van der Waals surface area contributed by atoms with Gasteiger partial charge in [-0.2, -0.15) is 0 Å². The van der Waals surface area contributed by atoms with Crippen molar-refractivity contribution in [2.45, 2.75) is 44.9 Å². The summed E-state index contributed by atoms with van der Waals surface area (Å²) in [5, 5.41) is 0.944. The van der Waals surface area contributed by atoms with Crippen molar-refractivity contribution < 1.29 is 13.2 Å². The molecule has 0 aliphatic carbocycles. The zero-order valence-electron chi connectivity index (χ0n) is 17.1. The van der Waals surface area contributed by atoms with Crippen molar-refractivity contribution in [3.8, 4) is 0 Å². The number of aryl methyl sites for hydroxylation is 2. The molecule has 3 rings (SSSR count). The van der Waals surface area contributed by atoms with Crippen LogP contribution in [0.25, 0.3) is 10.9 Å². The largest absolute Gasteiger partial charge is 0.348 e. The van der Waals surface area contributed by atoms with E-state index in [0.717, 1.165) is 27.7 Å². The first-order valence-electron chi connectivity index (χ1n) is 9.15. The highest BCUT2D eigenvalue weighted by atomic mass is 32.2. The van der Waals surface area contributed by atoms with Crippen molar-refractivity contribution >= 4 is 26.8 Å². The number of benzene rings is 2. The Bertz CT molecular complexity index is 1170. The zero-order valence-corrected chi connectivity index (χ0v) is 17.9. The Morgan fingerprint density at radius 2 is 1.61 bits per heavy atom. The predicted molar refractivity (Wildman–Crippen MR) is 112 cm³/mol. The molecule has 0 aliphatic rings. The SMILES string of the molecule is Cc1c(C)n(C)c2ccc(C(=O)NS(=O)(=O)c3ccc(C(C)(C)C)cc3)cc12. The second-order valence-corrected chi connectivity index (χ2v) is 9.89. The maximum absolute atomic E-state index is 12.6. The summed E-state index contributed by atoms with van der Waals surface area (Å²) in [5.41, 5.74) is 4.46. The van der Waals surface area contributed by atoms with Gasteiger partial charge in [-0.3, -0.25) is 4.79 Å². The van der Waals surface area contributed by atoms with Gasteiger partial charge in [0, 0.05) is 29.2 Å². The number of aromatic nitrogens is 1. The highest BCUT2D eigenvalue weighted by Crippen LogP contribution is 2.26. The van der Waals surface area contributed by atoms with Gasteiger partial charge >= 0.3 is 0 Å². The molecule has 1 amide bonds. The first kappa shape index (κ1) is 20.1. The van der Waals surface area contributed by atoms with Crippen LogP contribution >= 0.6 is 0 Å². The summed E-state index contributed by atoms with van der Waals surface area (Å²) >= 11 is 0. The Labute approximate surface area is 166 Å². The Balaban J connectivity index is 1.89. The Hall–Kier alpha value is -2.60. The molecular weight excluding hydrogens is 372 g/mol. The minimum atomic E-state index is -3.94. The number of hydrogen-bond donors (Lipinski definition) is 1. The van der Waals surface area contributed by atoms with Crippen molar-refractivity contribution in [2.24, 2.45) is 7.05 Å². The van der Waals surface area contributed by atoms with Crippen LogP contribution in [0, 0.1) is 13.8 Å². The maximum Gasteiger partial charge on any atom is 0.265 e. The van der Waals surface area contributed by atoms with Crippen LogP contribution in [0.3, 0.4) is 0 Å². The molecule has 0 fully saturated rings. The molecule has 0 radical (unpaired) electrons. The highest BCUT2D eigenvalue weighted by molar-refractivity contribution is 7.90. The van der Waals surface area contributed by atoms with Gasteiger partial charge in [0.25, 0.3) is 15.9 Å². The number of amides is 1. The van der Waals surface area contributed by atoms with Crippen LogP contribution < -0.4 is 4.72 Å². The highest BCUT2D eigenvalue weighted by Gasteiger charge is 2.21. The van der Waals surface area contributed by atoms with Gasteiger partial charge in [0.2, 0.25) is 0 Å². The molecule has 6 heteroatoms. The summed E-state index contributed by atoms with van der Waals surface area (Å²) in [5.74, 6) is -0.636. The molecule has 0 unspecified atom stereocenters. The number of nitrogens with one attached hydrogen (secondary N) is 1. The van der Waals surface area contributed by atoms with Gasteiger partial charge in [-0.05, 0) is 60.7 Å². The van der Waals surface area contributed by atoms with Crippen molar-refractivity contribution in [3.05, 3.63) is 64.8 Å². The predicted octanol–water partition coefficient (Wildman–Crippen LogP) is 4.21. The van der Waals surface area contributed by atoms with Crippen molar-refractivity contribution in [3.63, 3.8) is 0 Å². The fourth-order valence-electron chi connectivity index (χ4n) is 3.27. The third kappa shape index (κ3) is 3.56. The molecule has 2 aromatic carbocycles. The molecule has 0 atom stereocenters. The van der Waals surface area contributed by atoms with Crippen LogP contribution in [-0.4, -0.2) is 18.9 Å². The fourth-order valence-corrected chi connectivity index (χ4v) is 4.25. The molecule has 0 saturated carbocycles. The fraction of sp³-hybridized carbons (Fsp3) is 0.318. The third-order valence-electron chi connectivity index (χ3n) is 5.33. The molecule has 1 heterocycles. The van der Waals surface area contributed by atoms with Crippen LogP contribution in [0.5, 0.6) is 0 Å². The normalized spacial score (nSPS) is 12.4. The van der Waals surface area contributed by atoms with Crippen molar-refractivity contribution in [2.75, 3.05) is 0 Å². The van der Waals surface area contributed by atoms with E-state index in [1.54, 1.807) is 24.3 Å². The number of hydrogen-bond acceptors (Lipinski definition) is 3. The molecule has 1 N–H and O–H groups in total. The third-order valence-corrected chi connectivity index (χ3v) is 6.67. The van der Waals surface area contributed by atoms with Crippen LogP contribution in [-0.2, 0) is 22.5 Å². The Kier molecular flexibility index (Phi) is 4.88. The van der Waals surface area contributed by atoms with E-state index in [2.05, 4.69) is 30.1 Å². The topological polar surface area (TPSA) is 68.2 Å². The summed E-state index contributed by atoms with van der Waals surface area (Å²) in [4.78, 5) is 12.7. The van der Waals surface area contributed by atoms with Gasteiger partial charge in [0.05, 0.1) is 4.90 Å². The van der Waals surface area contributed by atoms with Crippen molar-refractivity contribution in [1.29, 1.82) is 0 Å². The number of sulfonamides is 1. The summed E-state index contributed by atoms with van der Waals surface area (Å²) in [7, 11) is -1.97. The second-order valence-electron chi connectivity index (χ2n) is 8.21. The van der Waals surface area contributed by atoms with Crippen LogP contribution in [0.4, 0.5) is 0 Å². The standard InChI is InChI=1S/C22H26N2O3S/c1-14-15(2)24(6)20-12-7-16(13-19(14)20)21(25)23-28(26,27)18-10-8-17(9-11-18)22(3,4)5/h7-13H,1-6H3,(H,23,25). The molecule has 0 bridgehead atoms. The zero-order chi connectivity index (χ0) is 20.9. The van der Waals surface area contributed by atoms with Crippen LogP contribution in [0.1, 0.15) is 48.0 Å². The summed E-state index contributed by atoms with van der Waals surface area (Å²) < 4.78 is 29.5. The summed E-state index contributed by atoms with van der Waals surface area (Å²) in [6, 6.07) is 11.9. The molecule has 28 heavy (non-hydrogen) atoms. The second kappa shape index (κ2) is 6.78. The van der Waals surface area contributed by atoms with Gasteiger partial charge in [-0.1, -0.05) is 32.9 Å². The monoisotopic (exact) mass is 398 g/mol. The van der Waals surface area contributed by atoms with E-state index in [1.807, 2.05) is 27.0 Å². The Morgan fingerprint density at radius 1 is 1.00 bits per heavy atom. The van der Waals surface area contributed by atoms with E-state index in [0.29, 0.717) is 5.56 Å². The number of fused-ring (bicyclic) bond motifs is 1. The van der Waals surface area contributed by atoms with Gasteiger partial charge < -0.3 is 4.57 Å². The van der Waals surface area contributed by atoms with E-state index < -0.39 is 15.9 Å². The quantitative estimate of drug-likeness (QED) is 0.718. The molecule has 0 aliphatic heterocycles. The minimum Gasteiger partial charge on any atom is -0.348 e. The number of nitrogens with zero attached hydrogens (tertiary/aromatic N) is 1.